The van der Waals surface area contributed by atoms with Gasteiger partial charge in [-0.05, 0) is 48.4 Å². The zero-order valence-corrected chi connectivity index (χ0v) is 21.3. The number of aliphatic imine (C=N–C) groups is 1. The van der Waals surface area contributed by atoms with Crippen LogP contribution in [0.2, 0.25) is 0 Å². The molecule has 2 heterocycles. The number of hydrogen-bond donors (Lipinski definition) is 4. The fourth-order valence-corrected chi connectivity index (χ4v) is 4.54. The Morgan fingerprint density at radius 3 is 2.31 bits per heavy atom. The van der Waals surface area contributed by atoms with E-state index in [1.165, 1.54) is 0 Å². The van der Waals surface area contributed by atoms with E-state index in [9.17, 15) is 14.4 Å². The summed E-state index contributed by atoms with van der Waals surface area (Å²) in [6.07, 6.45) is 0.283. The minimum absolute atomic E-state index is 0.211. The number of carbonyl (C=O) groups is 3. The molecule has 5 rings (SSSR count). The molecule has 0 aromatic heterocycles. The lowest BCUT2D eigenvalue weighted by molar-refractivity contribution is -0.125. The molecule has 0 atom stereocenters. The number of benzene rings is 3. The van der Waals surface area contributed by atoms with E-state index >= 15 is 0 Å². The quantitative estimate of drug-likeness (QED) is 0.334. The van der Waals surface area contributed by atoms with Gasteiger partial charge in [0.2, 0.25) is 5.96 Å². The molecular formula is C29H29N7O3. The predicted octanol–water partition coefficient (Wildman–Crippen LogP) is 2.53. The second kappa shape index (κ2) is 11.1. The first kappa shape index (κ1) is 25.5. The van der Waals surface area contributed by atoms with Crippen molar-refractivity contribution in [2.75, 3.05) is 30.7 Å². The monoisotopic (exact) mass is 523 g/mol. The largest absolute Gasteiger partial charge is 0.397 e. The summed E-state index contributed by atoms with van der Waals surface area (Å²) in [6, 6.07) is 23.0. The minimum Gasteiger partial charge on any atom is -0.397 e. The van der Waals surface area contributed by atoms with Crippen molar-refractivity contribution in [3.05, 3.63) is 107 Å². The van der Waals surface area contributed by atoms with Gasteiger partial charge in [0.25, 0.3) is 17.7 Å². The molecule has 0 bridgehead atoms. The number of anilines is 2. The summed E-state index contributed by atoms with van der Waals surface area (Å²) >= 11 is 0. The minimum atomic E-state index is -0.282. The number of nitrogens with two attached hydrogens (primary N) is 2. The normalized spacial score (nSPS) is 14.7. The number of nitrogen functional groups attached to an aromatic ring is 1. The van der Waals surface area contributed by atoms with Crippen LogP contribution in [0.4, 0.5) is 11.4 Å². The molecule has 10 nitrogen and oxygen atoms in total. The van der Waals surface area contributed by atoms with Gasteiger partial charge in [-0.3, -0.25) is 29.2 Å². The number of nitrogens with one attached hydrogen (secondary N) is 2. The smallest absolute Gasteiger partial charge is 0.260 e. The molecule has 3 aromatic carbocycles. The van der Waals surface area contributed by atoms with Crippen molar-refractivity contribution < 1.29 is 14.4 Å². The highest BCUT2D eigenvalue weighted by molar-refractivity contribution is 6.09. The Hall–Kier alpha value is -5.12. The van der Waals surface area contributed by atoms with Gasteiger partial charge in [-0.1, -0.05) is 42.5 Å². The van der Waals surface area contributed by atoms with Crippen molar-refractivity contribution in [3.63, 3.8) is 0 Å². The number of fused-ring (bicyclic) bond motifs is 1. The van der Waals surface area contributed by atoms with Crippen molar-refractivity contribution in [1.82, 2.24) is 15.1 Å². The summed E-state index contributed by atoms with van der Waals surface area (Å²) in [5, 5.41) is 5.66. The van der Waals surface area contributed by atoms with Gasteiger partial charge in [0.05, 0.1) is 30.0 Å². The summed E-state index contributed by atoms with van der Waals surface area (Å²) in [7, 11) is 0. The lowest BCUT2D eigenvalue weighted by Crippen LogP contribution is -2.52. The van der Waals surface area contributed by atoms with Crippen LogP contribution in [0.5, 0.6) is 0 Å². The van der Waals surface area contributed by atoms with E-state index in [0.29, 0.717) is 52.9 Å². The van der Waals surface area contributed by atoms with Gasteiger partial charge in [-0.15, -0.1) is 0 Å². The summed E-state index contributed by atoms with van der Waals surface area (Å²) in [5.41, 5.74) is 15.6. The Balaban J connectivity index is 1.26. The molecule has 198 valence electrons. The van der Waals surface area contributed by atoms with Crippen molar-refractivity contribution in [3.8, 4) is 0 Å². The number of rotatable bonds is 8. The molecule has 39 heavy (non-hydrogen) atoms. The molecule has 2 aliphatic heterocycles. The number of para-hydroxylation sites is 2. The first-order valence-electron chi connectivity index (χ1n) is 12.6. The average Bonchev–Trinajstić information content (AvgIpc) is 3.45. The second-order valence-corrected chi connectivity index (χ2v) is 9.20. The van der Waals surface area contributed by atoms with Crippen LogP contribution in [-0.2, 0) is 11.3 Å². The van der Waals surface area contributed by atoms with E-state index in [4.69, 9.17) is 11.5 Å². The highest BCUT2D eigenvalue weighted by Crippen LogP contribution is 2.26. The molecule has 0 spiro atoms. The third-order valence-electron chi connectivity index (χ3n) is 6.63. The van der Waals surface area contributed by atoms with Crippen molar-refractivity contribution in [2.45, 2.75) is 13.0 Å². The number of hydrogen-bond acceptors (Lipinski definition) is 7. The molecule has 0 radical (unpaired) electrons. The van der Waals surface area contributed by atoms with Crippen LogP contribution in [0, 0.1) is 0 Å². The zero-order chi connectivity index (χ0) is 27.4. The van der Waals surface area contributed by atoms with E-state index < -0.39 is 0 Å². The highest BCUT2D eigenvalue weighted by atomic mass is 16.2. The molecule has 3 aromatic rings. The third-order valence-corrected chi connectivity index (χ3v) is 6.63. The molecule has 2 aliphatic rings. The summed E-state index contributed by atoms with van der Waals surface area (Å²) in [6.45, 7) is 1.63. The molecular weight excluding hydrogens is 494 g/mol. The standard InChI is InChI=1S/C29H29N7O3/c30-23-8-4-5-9-24(23)34-27(38)21-12-10-19(11-13-21)18-36-28(39)22(25(31)35-17-16-33-29(35)36)14-15-32-26(37)20-6-2-1-3-7-20/h1-13H,14-18,30-31H2,(H,32,37)(H,34,38). The molecule has 3 amide bonds. The summed E-state index contributed by atoms with van der Waals surface area (Å²) in [4.78, 5) is 46.6. The number of carbonyl (C=O) groups excluding carboxylic acids is 3. The maximum atomic E-state index is 13.5. The van der Waals surface area contributed by atoms with Crippen LogP contribution < -0.4 is 22.1 Å². The van der Waals surface area contributed by atoms with Gasteiger partial charge >= 0.3 is 0 Å². The fourth-order valence-electron chi connectivity index (χ4n) is 4.54. The van der Waals surface area contributed by atoms with Crippen molar-refractivity contribution in [2.24, 2.45) is 10.7 Å². The van der Waals surface area contributed by atoms with Crippen molar-refractivity contribution >= 4 is 35.1 Å². The number of guanidine groups is 1. The van der Waals surface area contributed by atoms with E-state index in [1.807, 2.05) is 11.0 Å². The molecule has 0 unspecified atom stereocenters. The van der Waals surface area contributed by atoms with Gasteiger partial charge in [0.15, 0.2) is 0 Å². The second-order valence-electron chi connectivity index (χ2n) is 9.20. The Morgan fingerprint density at radius 1 is 0.872 bits per heavy atom. The van der Waals surface area contributed by atoms with Crippen LogP contribution in [0.25, 0.3) is 0 Å². The Bertz CT molecular complexity index is 1470. The summed E-state index contributed by atoms with van der Waals surface area (Å²) < 4.78 is 0. The van der Waals surface area contributed by atoms with Gasteiger partial charge in [-0.2, -0.15) is 0 Å². The van der Waals surface area contributed by atoms with E-state index in [-0.39, 0.29) is 37.2 Å². The molecule has 6 N–H and O–H groups in total. The third kappa shape index (κ3) is 5.45. The van der Waals surface area contributed by atoms with Gasteiger partial charge < -0.3 is 22.1 Å². The molecule has 0 aliphatic carbocycles. The van der Waals surface area contributed by atoms with Crippen LogP contribution in [0.15, 0.2) is 95.2 Å². The highest BCUT2D eigenvalue weighted by Gasteiger charge is 2.37. The van der Waals surface area contributed by atoms with Gasteiger partial charge in [-0.25, -0.2) is 0 Å². The zero-order valence-electron chi connectivity index (χ0n) is 21.3. The lowest BCUT2D eigenvalue weighted by Gasteiger charge is -2.36. The maximum Gasteiger partial charge on any atom is 0.260 e. The molecule has 0 saturated carbocycles. The van der Waals surface area contributed by atoms with Gasteiger partial charge in [0, 0.05) is 24.2 Å². The molecule has 0 saturated heterocycles. The van der Waals surface area contributed by atoms with E-state index in [0.717, 1.165) is 5.56 Å². The summed E-state index contributed by atoms with van der Waals surface area (Å²) in [5.74, 6) is 0.136. The van der Waals surface area contributed by atoms with Crippen LogP contribution in [0.1, 0.15) is 32.7 Å². The predicted molar refractivity (Wildman–Crippen MR) is 149 cm³/mol. The van der Waals surface area contributed by atoms with E-state index in [1.54, 1.807) is 77.7 Å². The molecule has 0 fully saturated rings. The van der Waals surface area contributed by atoms with Crippen LogP contribution in [0.3, 0.4) is 0 Å². The maximum absolute atomic E-state index is 13.5. The Labute approximate surface area is 226 Å². The number of nitrogens with zero attached hydrogens (tertiary/aromatic N) is 3. The van der Waals surface area contributed by atoms with Crippen molar-refractivity contribution in [1.29, 1.82) is 0 Å². The first-order chi connectivity index (χ1) is 18.9. The Kier molecular flexibility index (Phi) is 7.26. The fraction of sp³-hybridized carbons (Fsp3) is 0.172. The average molecular weight is 524 g/mol. The topological polar surface area (TPSA) is 146 Å². The Morgan fingerprint density at radius 2 is 1.56 bits per heavy atom. The molecule has 10 heteroatoms. The van der Waals surface area contributed by atoms with E-state index in [2.05, 4.69) is 15.6 Å². The van der Waals surface area contributed by atoms with Crippen LogP contribution in [-0.4, -0.2) is 53.1 Å². The first-order valence-corrected chi connectivity index (χ1v) is 12.6. The number of amides is 3. The van der Waals surface area contributed by atoms with Crippen LogP contribution >= 0.6 is 0 Å². The van der Waals surface area contributed by atoms with Gasteiger partial charge in [0.1, 0.15) is 5.82 Å². The lowest BCUT2D eigenvalue weighted by atomic mass is 10.1. The SMILES string of the molecule is NC1=C(CCNC(=O)c2ccccc2)C(=O)N(Cc2ccc(C(=O)Nc3ccccc3N)cc2)C2=NCCN21.